The van der Waals surface area contributed by atoms with Gasteiger partial charge in [-0.25, -0.2) is 8.42 Å². The molecule has 2 aliphatic rings. The average Bonchev–Trinajstić information content (AvgIpc) is 3.05. The van der Waals surface area contributed by atoms with E-state index in [1.165, 1.54) is 0 Å². The average molecular weight is 375 g/mol. The molecule has 4 rings (SSSR count). The first-order chi connectivity index (χ1) is 12.4. The lowest BCUT2D eigenvalue weighted by Gasteiger charge is -2.37. The number of sulfonamides is 1. The molecule has 7 heteroatoms. The largest absolute Gasteiger partial charge is 0.490 e. The summed E-state index contributed by atoms with van der Waals surface area (Å²) in [7, 11) is -3.53. The van der Waals surface area contributed by atoms with Crippen molar-refractivity contribution in [3.63, 3.8) is 0 Å². The van der Waals surface area contributed by atoms with E-state index in [0.717, 1.165) is 37.0 Å². The fourth-order valence-electron chi connectivity index (χ4n) is 4.48. The number of piperidine rings is 1. The smallest absolute Gasteiger partial charge is 0.247 e. The van der Waals surface area contributed by atoms with Gasteiger partial charge < -0.3 is 4.74 Å². The Morgan fingerprint density at radius 1 is 1.15 bits per heavy atom. The van der Waals surface area contributed by atoms with Crippen LogP contribution >= 0.6 is 0 Å². The van der Waals surface area contributed by atoms with Crippen LogP contribution < -0.4 is 4.74 Å². The van der Waals surface area contributed by atoms with Crippen molar-refractivity contribution >= 4 is 10.0 Å². The lowest BCUT2D eigenvalue weighted by atomic mass is 10.0. The molecule has 1 aromatic carbocycles. The van der Waals surface area contributed by atoms with Crippen molar-refractivity contribution in [2.75, 3.05) is 0 Å². The molecule has 0 aliphatic carbocycles. The molecule has 3 atom stereocenters. The molecule has 3 heterocycles. The Bertz CT molecular complexity index is 888. The SMILES string of the molecule is Cc1cccc(O[C@H]2C[C@H]3CC[C@@H](C2)N3S(=O)(=O)c2c(C)n[nH]c2C)c1. The van der Waals surface area contributed by atoms with E-state index in [-0.39, 0.29) is 18.2 Å². The van der Waals surface area contributed by atoms with Crippen LogP contribution in [0.3, 0.4) is 0 Å². The van der Waals surface area contributed by atoms with Crippen LogP contribution in [0.1, 0.15) is 42.6 Å². The Labute approximate surface area is 154 Å². The molecule has 0 unspecified atom stereocenters. The second-order valence-electron chi connectivity index (χ2n) is 7.51. The van der Waals surface area contributed by atoms with Gasteiger partial charge in [-0.15, -0.1) is 0 Å². The number of ether oxygens (including phenoxy) is 1. The van der Waals surface area contributed by atoms with E-state index >= 15 is 0 Å². The summed E-state index contributed by atoms with van der Waals surface area (Å²) in [6.07, 6.45) is 3.33. The number of hydrogen-bond donors (Lipinski definition) is 1. The van der Waals surface area contributed by atoms with Crippen molar-refractivity contribution in [1.29, 1.82) is 0 Å². The number of aromatic amines is 1. The molecule has 0 saturated carbocycles. The van der Waals surface area contributed by atoms with E-state index in [9.17, 15) is 8.42 Å². The Kier molecular flexibility index (Phi) is 4.31. The van der Waals surface area contributed by atoms with Gasteiger partial charge in [-0.05, 0) is 51.3 Å². The third kappa shape index (κ3) is 2.93. The quantitative estimate of drug-likeness (QED) is 0.891. The number of benzene rings is 1. The van der Waals surface area contributed by atoms with Gasteiger partial charge in [-0.3, -0.25) is 5.10 Å². The lowest BCUT2D eigenvalue weighted by molar-refractivity contribution is 0.0956. The summed E-state index contributed by atoms with van der Waals surface area (Å²) in [6.45, 7) is 5.55. The number of hydrogen-bond acceptors (Lipinski definition) is 4. The Morgan fingerprint density at radius 3 is 2.42 bits per heavy atom. The fraction of sp³-hybridized carbons (Fsp3) is 0.526. The summed E-state index contributed by atoms with van der Waals surface area (Å²) < 4.78 is 34.5. The molecule has 2 fully saturated rings. The number of H-pyrrole nitrogens is 1. The fourth-order valence-corrected chi connectivity index (χ4v) is 6.71. The van der Waals surface area contributed by atoms with E-state index in [2.05, 4.69) is 10.2 Å². The summed E-state index contributed by atoms with van der Waals surface area (Å²) >= 11 is 0. The van der Waals surface area contributed by atoms with E-state index in [4.69, 9.17) is 4.74 Å². The van der Waals surface area contributed by atoms with Crippen molar-refractivity contribution in [3.05, 3.63) is 41.2 Å². The highest BCUT2D eigenvalue weighted by molar-refractivity contribution is 7.89. The van der Waals surface area contributed by atoms with Gasteiger partial charge >= 0.3 is 0 Å². The number of fused-ring (bicyclic) bond motifs is 2. The minimum absolute atomic E-state index is 0.00209. The maximum absolute atomic E-state index is 13.3. The highest BCUT2D eigenvalue weighted by atomic mass is 32.2. The number of rotatable bonds is 4. The summed E-state index contributed by atoms with van der Waals surface area (Å²) in [6, 6.07) is 8.04. The number of aromatic nitrogens is 2. The predicted molar refractivity (Wildman–Crippen MR) is 98.7 cm³/mol. The minimum Gasteiger partial charge on any atom is -0.490 e. The second kappa shape index (κ2) is 6.39. The summed E-state index contributed by atoms with van der Waals surface area (Å²) in [5.41, 5.74) is 2.32. The van der Waals surface area contributed by atoms with Crippen LogP contribution in [0.4, 0.5) is 0 Å². The Hall–Kier alpha value is -1.86. The van der Waals surface area contributed by atoms with Crippen LogP contribution in [0.15, 0.2) is 29.2 Å². The zero-order valence-corrected chi connectivity index (χ0v) is 16.2. The standard InChI is InChI=1S/C19H25N3O3S/c1-12-5-4-6-17(9-12)25-18-10-15-7-8-16(11-18)22(15)26(23,24)19-13(2)20-21-14(19)3/h4-6,9,15-16,18H,7-8,10-11H2,1-3H3,(H,20,21)/t15-,16+,18+. The molecular formula is C19H25N3O3S. The number of aryl methyl sites for hydroxylation is 3. The second-order valence-corrected chi connectivity index (χ2v) is 9.29. The number of nitrogens with zero attached hydrogens (tertiary/aromatic N) is 2. The third-order valence-electron chi connectivity index (χ3n) is 5.51. The Morgan fingerprint density at radius 2 is 1.85 bits per heavy atom. The molecule has 1 aromatic heterocycles. The molecule has 140 valence electrons. The van der Waals surface area contributed by atoms with Crippen molar-refractivity contribution in [2.24, 2.45) is 0 Å². The van der Waals surface area contributed by atoms with Gasteiger partial charge in [0.25, 0.3) is 0 Å². The third-order valence-corrected chi connectivity index (χ3v) is 7.78. The van der Waals surface area contributed by atoms with Crippen molar-refractivity contribution < 1.29 is 13.2 Å². The molecule has 1 N–H and O–H groups in total. The van der Waals surface area contributed by atoms with Gasteiger partial charge in [0.2, 0.25) is 10.0 Å². The Balaban J connectivity index is 1.56. The highest BCUT2D eigenvalue weighted by Gasteiger charge is 2.48. The molecule has 0 amide bonds. The highest BCUT2D eigenvalue weighted by Crippen LogP contribution is 2.41. The molecule has 2 aliphatic heterocycles. The molecule has 2 aromatic rings. The molecular weight excluding hydrogens is 350 g/mol. The van der Waals surface area contributed by atoms with Crippen molar-refractivity contribution in [1.82, 2.24) is 14.5 Å². The van der Waals surface area contributed by atoms with Crippen LogP contribution in [0, 0.1) is 20.8 Å². The maximum Gasteiger partial charge on any atom is 0.247 e. The predicted octanol–water partition coefficient (Wildman–Crippen LogP) is 3.10. The molecule has 6 nitrogen and oxygen atoms in total. The monoisotopic (exact) mass is 375 g/mol. The molecule has 0 radical (unpaired) electrons. The van der Waals surface area contributed by atoms with E-state index in [0.29, 0.717) is 16.3 Å². The zero-order valence-electron chi connectivity index (χ0n) is 15.4. The molecule has 0 spiro atoms. The number of nitrogens with one attached hydrogen (secondary N) is 1. The van der Waals surface area contributed by atoms with Crippen LogP contribution in [0.5, 0.6) is 5.75 Å². The first-order valence-electron chi connectivity index (χ1n) is 9.14. The van der Waals surface area contributed by atoms with Crippen LogP contribution in [0.2, 0.25) is 0 Å². The van der Waals surface area contributed by atoms with Gasteiger partial charge in [0.1, 0.15) is 16.7 Å². The molecule has 26 heavy (non-hydrogen) atoms. The molecule has 2 saturated heterocycles. The minimum atomic E-state index is -3.53. The van der Waals surface area contributed by atoms with Gasteiger partial charge in [-0.1, -0.05) is 12.1 Å². The van der Waals surface area contributed by atoms with Gasteiger partial charge in [0.05, 0.1) is 11.4 Å². The first-order valence-corrected chi connectivity index (χ1v) is 10.6. The summed E-state index contributed by atoms with van der Waals surface area (Å²) in [5.74, 6) is 0.868. The molecule has 2 bridgehead atoms. The van der Waals surface area contributed by atoms with Gasteiger partial charge in [0, 0.05) is 24.9 Å². The topological polar surface area (TPSA) is 75.3 Å². The zero-order chi connectivity index (χ0) is 18.5. The van der Waals surface area contributed by atoms with Gasteiger partial charge in [0.15, 0.2) is 0 Å². The normalized spacial score (nSPS) is 26.2. The maximum atomic E-state index is 13.3. The van der Waals surface area contributed by atoms with E-state index in [1.54, 1.807) is 18.2 Å². The van der Waals surface area contributed by atoms with Crippen LogP contribution in [-0.4, -0.2) is 41.1 Å². The van der Waals surface area contributed by atoms with E-state index < -0.39 is 10.0 Å². The van der Waals surface area contributed by atoms with Gasteiger partial charge in [-0.2, -0.15) is 9.40 Å². The van der Waals surface area contributed by atoms with Crippen LogP contribution in [0.25, 0.3) is 0 Å². The van der Waals surface area contributed by atoms with E-state index in [1.807, 2.05) is 31.2 Å². The van der Waals surface area contributed by atoms with Crippen molar-refractivity contribution in [2.45, 2.75) is 69.5 Å². The summed E-state index contributed by atoms with van der Waals surface area (Å²) in [4.78, 5) is 0.340. The summed E-state index contributed by atoms with van der Waals surface area (Å²) in [5, 5.41) is 6.87. The first kappa shape index (κ1) is 17.5. The van der Waals surface area contributed by atoms with Crippen LogP contribution in [-0.2, 0) is 10.0 Å². The lowest BCUT2D eigenvalue weighted by Crippen LogP contribution is -2.49. The van der Waals surface area contributed by atoms with Crippen molar-refractivity contribution in [3.8, 4) is 5.75 Å².